The summed E-state index contributed by atoms with van der Waals surface area (Å²) < 4.78 is 5.13. The Labute approximate surface area is 177 Å². The standard InChI is InChI=1S/C21H17Cl2N3O3/c1-12-15(13-6-8-14(22)9-7-13)10-11-18(24-12)25-21(28)26-20(27)19-16(23)4-3-5-17(19)29-2/h3-11H,1-2H3,(H2,24,25,26,27,28). The van der Waals surface area contributed by atoms with Gasteiger partial charge in [-0.25, -0.2) is 9.78 Å². The first-order chi connectivity index (χ1) is 13.9. The normalized spacial score (nSPS) is 10.3. The number of carbonyl (C=O) groups is 2. The molecule has 3 amide bonds. The van der Waals surface area contributed by atoms with Gasteiger partial charge in [-0.15, -0.1) is 0 Å². The topological polar surface area (TPSA) is 80.3 Å². The smallest absolute Gasteiger partial charge is 0.327 e. The summed E-state index contributed by atoms with van der Waals surface area (Å²) in [6.45, 7) is 1.83. The van der Waals surface area contributed by atoms with E-state index in [1.165, 1.54) is 13.2 Å². The molecule has 3 aromatic rings. The molecule has 148 valence electrons. The zero-order valence-electron chi connectivity index (χ0n) is 15.6. The van der Waals surface area contributed by atoms with E-state index in [4.69, 9.17) is 27.9 Å². The predicted molar refractivity (Wildman–Crippen MR) is 114 cm³/mol. The number of benzene rings is 2. The second-order valence-electron chi connectivity index (χ2n) is 6.06. The molecular weight excluding hydrogens is 413 g/mol. The molecule has 0 radical (unpaired) electrons. The molecule has 8 heteroatoms. The van der Waals surface area contributed by atoms with E-state index in [0.29, 0.717) is 16.5 Å². The third-order valence-electron chi connectivity index (χ3n) is 4.13. The van der Waals surface area contributed by atoms with Gasteiger partial charge >= 0.3 is 6.03 Å². The van der Waals surface area contributed by atoms with Crippen LogP contribution < -0.4 is 15.4 Å². The third-order valence-corrected chi connectivity index (χ3v) is 4.70. The number of anilines is 1. The van der Waals surface area contributed by atoms with Crippen LogP contribution in [-0.2, 0) is 0 Å². The molecule has 0 unspecified atom stereocenters. The van der Waals surface area contributed by atoms with Gasteiger partial charge in [0.25, 0.3) is 5.91 Å². The lowest BCUT2D eigenvalue weighted by molar-refractivity contribution is 0.0964. The number of pyridine rings is 1. The van der Waals surface area contributed by atoms with Gasteiger partial charge in [-0.2, -0.15) is 0 Å². The van der Waals surface area contributed by atoms with Gasteiger partial charge in [0.05, 0.1) is 12.1 Å². The Morgan fingerprint density at radius 3 is 2.38 bits per heavy atom. The van der Waals surface area contributed by atoms with Crippen molar-refractivity contribution in [1.29, 1.82) is 0 Å². The van der Waals surface area contributed by atoms with Gasteiger partial charge in [0.2, 0.25) is 0 Å². The Balaban J connectivity index is 1.72. The number of aryl methyl sites for hydroxylation is 1. The number of urea groups is 1. The van der Waals surface area contributed by atoms with Crippen LogP contribution in [-0.4, -0.2) is 24.0 Å². The number of nitrogens with one attached hydrogen (secondary N) is 2. The van der Waals surface area contributed by atoms with Crippen LogP contribution in [0.25, 0.3) is 11.1 Å². The summed E-state index contributed by atoms with van der Waals surface area (Å²) >= 11 is 12.0. The van der Waals surface area contributed by atoms with E-state index in [0.717, 1.165) is 11.1 Å². The van der Waals surface area contributed by atoms with Gasteiger partial charge in [-0.05, 0) is 48.9 Å². The van der Waals surface area contributed by atoms with Crippen LogP contribution in [0.15, 0.2) is 54.6 Å². The zero-order chi connectivity index (χ0) is 21.0. The molecule has 0 saturated heterocycles. The number of ether oxygens (including phenoxy) is 1. The molecule has 3 rings (SSSR count). The zero-order valence-corrected chi connectivity index (χ0v) is 17.1. The van der Waals surface area contributed by atoms with Crippen molar-refractivity contribution in [2.24, 2.45) is 0 Å². The Hall–Kier alpha value is -3.09. The molecule has 0 saturated carbocycles. The highest BCUT2D eigenvalue weighted by atomic mass is 35.5. The maximum atomic E-state index is 12.4. The minimum absolute atomic E-state index is 0.0778. The largest absolute Gasteiger partial charge is 0.496 e. The SMILES string of the molecule is COc1cccc(Cl)c1C(=O)NC(=O)Nc1ccc(-c2ccc(Cl)cc2)c(C)n1. The summed E-state index contributed by atoms with van der Waals surface area (Å²) in [4.78, 5) is 29.0. The maximum absolute atomic E-state index is 12.4. The molecule has 0 aliphatic heterocycles. The van der Waals surface area contributed by atoms with Gasteiger partial charge < -0.3 is 4.74 Å². The highest BCUT2D eigenvalue weighted by molar-refractivity contribution is 6.34. The van der Waals surface area contributed by atoms with Crippen LogP contribution in [0.2, 0.25) is 10.0 Å². The van der Waals surface area contributed by atoms with Crippen LogP contribution in [0.5, 0.6) is 5.75 Å². The Bertz CT molecular complexity index is 1070. The second kappa shape index (κ2) is 8.94. The maximum Gasteiger partial charge on any atom is 0.327 e. The first kappa shape index (κ1) is 20.6. The lowest BCUT2D eigenvalue weighted by Crippen LogP contribution is -2.35. The number of hydrogen-bond acceptors (Lipinski definition) is 4. The highest BCUT2D eigenvalue weighted by Gasteiger charge is 2.19. The predicted octanol–water partition coefficient (Wildman–Crippen LogP) is 5.33. The van der Waals surface area contributed by atoms with E-state index in [9.17, 15) is 9.59 Å². The number of nitrogens with zero attached hydrogens (tertiary/aromatic N) is 1. The molecule has 6 nitrogen and oxygen atoms in total. The summed E-state index contributed by atoms with van der Waals surface area (Å²) in [5.41, 5.74) is 2.65. The molecule has 0 atom stereocenters. The van der Waals surface area contributed by atoms with Crippen molar-refractivity contribution in [1.82, 2.24) is 10.3 Å². The Morgan fingerprint density at radius 1 is 1.00 bits per heavy atom. The lowest BCUT2D eigenvalue weighted by Gasteiger charge is -2.12. The second-order valence-corrected chi connectivity index (χ2v) is 6.91. The minimum Gasteiger partial charge on any atom is -0.496 e. The molecule has 0 spiro atoms. The van der Waals surface area contributed by atoms with Crippen molar-refractivity contribution >= 4 is 41.0 Å². The van der Waals surface area contributed by atoms with Gasteiger partial charge in [0.15, 0.2) is 0 Å². The number of rotatable bonds is 4. The average Bonchev–Trinajstić information content (AvgIpc) is 2.68. The number of carbonyl (C=O) groups excluding carboxylic acids is 2. The molecule has 1 aromatic heterocycles. The lowest BCUT2D eigenvalue weighted by atomic mass is 10.0. The van der Waals surface area contributed by atoms with Crippen molar-refractivity contribution in [3.63, 3.8) is 0 Å². The first-order valence-corrected chi connectivity index (χ1v) is 9.33. The van der Waals surface area contributed by atoms with Crippen molar-refractivity contribution < 1.29 is 14.3 Å². The Kier molecular flexibility index (Phi) is 6.36. The number of amides is 3. The Morgan fingerprint density at radius 2 is 1.72 bits per heavy atom. The summed E-state index contributed by atoms with van der Waals surface area (Å²) in [7, 11) is 1.41. The summed E-state index contributed by atoms with van der Waals surface area (Å²) in [5, 5.41) is 5.59. The summed E-state index contributed by atoms with van der Waals surface area (Å²) in [6.07, 6.45) is 0. The van der Waals surface area contributed by atoms with Gasteiger partial charge in [-0.1, -0.05) is 41.4 Å². The van der Waals surface area contributed by atoms with Crippen LogP contribution >= 0.6 is 23.2 Å². The number of halogens is 2. The molecule has 0 aliphatic rings. The molecule has 0 fully saturated rings. The molecule has 1 heterocycles. The number of methoxy groups -OCH3 is 1. The van der Waals surface area contributed by atoms with Crippen LogP contribution in [0.4, 0.5) is 10.6 Å². The number of aromatic nitrogens is 1. The fourth-order valence-electron chi connectivity index (χ4n) is 2.77. The van der Waals surface area contributed by atoms with E-state index in [1.54, 1.807) is 30.3 Å². The fourth-order valence-corrected chi connectivity index (χ4v) is 3.15. The van der Waals surface area contributed by atoms with Gasteiger partial charge in [-0.3, -0.25) is 15.4 Å². The van der Waals surface area contributed by atoms with Crippen molar-refractivity contribution in [2.45, 2.75) is 6.92 Å². The van der Waals surface area contributed by atoms with Crippen LogP contribution in [0, 0.1) is 6.92 Å². The van der Waals surface area contributed by atoms with Crippen molar-refractivity contribution in [3.8, 4) is 16.9 Å². The highest BCUT2D eigenvalue weighted by Crippen LogP contribution is 2.27. The fraction of sp³-hybridized carbons (Fsp3) is 0.0952. The molecule has 0 aliphatic carbocycles. The monoisotopic (exact) mass is 429 g/mol. The molecule has 2 N–H and O–H groups in total. The van der Waals surface area contributed by atoms with Crippen LogP contribution in [0.3, 0.4) is 0 Å². The average molecular weight is 430 g/mol. The first-order valence-electron chi connectivity index (χ1n) is 8.57. The van der Waals surface area contributed by atoms with Gasteiger partial charge in [0, 0.05) is 16.3 Å². The van der Waals surface area contributed by atoms with E-state index in [2.05, 4.69) is 15.6 Å². The quantitative estimate of drug-likeness (QED) is 0.586. The summed E-state index contributed by atoms with van der Waals surface area (Å²) in [6, 6.07) is 14.9. The number of imide groups is 1. The summed E-state index contributed by atoms with van der Waals surface area (Å²) in [5.74, 6) is -0.111. The molecular formula is C21H17Cl2N3O3. The van der Waals surface area contributed by atoms with Crippen molar-refractivity contribution in [3.05, 3.63) is 75.9 Å². The van der Waals surface area contributed by atoms with Crippen LogP contribution in [0.1, 0.15) is 16.1 Å². The van der Waals surface area contributed by atoms with E-state index in [-0.39, 0.29) is 16.3 Å². The number of hydrogen-bond donors (Lipinski definition) is 2. The van der Waals surface area contributed by atoms with Crippen molar-refractivity contribution in [2.75, 3.05) is 12.4 Å². The molecule has 29 heavy (non-hydrogen) atoms. The van der Waals surface area contributed by atoms with Gasteiger partial charge in [0.1, 0.15) is 17.1 Å². The van der Waals surface area contributed by atoms with E-state index < -0.39 is 11.9 Å². The molecule has 0 bridgehead atoms. The third kappa shape index (κ3) is 4.85. The van der Waals surface area contributed by atoms with E-state index in [1.807, 2.05) is 25.1 Å². The minimum atomic E-state index is -0.733. The van der Waals surface area contributed by atoms with E-state index >= 15 is 0 Å². The molecule has 2 aromatic carbocycles.